The number of nitrogens with one attached hydrogen (secondary N) is 2. The molecule has 0 saturated heterocycles. The van der Waals surface area contributed by atoms with Crippen LogP contribution in [0.4, 0.5) is 0 Å². The number of ether oxygens (including phenoxy) is 2. The summed E-state index contributed by atoms with van der Waals surface area (Å²) in [5.74, 6) is 1.56. The van der Waals surface area contributed by atoms with Crippen LogP contribution in [-0.2, 0) is 13.0 Å². The quantitative estimate of drug-likeness (QED) is 0.656. The van der Waals surface area contributed by atoms with E-state index in [2.05, 4.69) is 40.1 Å². The number of aryl methyl sites for hydroxylation is 1. The first-order valence-corrected chi connectivity index (χ1v) is 8.77. The third kappa shape index (κ3) is 3.58. The molecule has 2 N–H and O–H groups in total. The molecule has 0 unspecified atom stereocenters. The second-order valence-corrected chi connectivity index (χ2v) is 6.46. The Hall–Kier alpha value is -2.60. The number of hydrazone groups is 1. The van der Waals surface area contributed by atoms with Crippen LogP contribution >= 0.6 is 12.2 Å². The number of hydrogen-bond donors (Lipinski definition) is 2. The Kier molecular flexibility index (Phi) is 4.52. The van der Waals surface area contributed by atoms with E-state index in [1.807, 2.05) is 18.2 Å². The highest BCUT2D eigenvalue weighted by molar-refractivity contribution is 7.80. The number of hydrogen-bond acceptors (Lipinski definition) is 4. The number of fused-ring (bicyclic) bond motifs is 2. The Labute approximate surface area is 152 Å². The molecular weight excluding hydrogens is 334 g/mol. The summed E-state index contributed by atoms with van der Waals surface area (Å²) in [6.07, 6.45) is 3.20. The van der Waals surface area contributed by atoms with Crippen molar-refractivity contribution in [2.75, 3.05) is 6.79 Å². The van der Waals surface area contributed by atoms with Crippen LogP contribution in [0.1, 0.15) is 29.5 Å². The van der Waals surface area contributed by atoms with Gasteiger partial charge in [0.05, 0.1) is 5.71 Å². The van der Waals surface area contributed by atoms with Crippen LogP contribution in [0.3, 0.4) is 0 Å². The van der Waals surface area contributed by atoms with E-state index in [0.717, 1.165) is 42.0 Å². The van der Waals surface area contributed by atoms with E-state index in [1.165, 1.54) is 11.1 Å². The average molecular weight is 353 g/mol. The number of rotatable bonds is 3. The fourth-order valence-corrected chi connectivity index (χ4v) is 3.23. The zero-order valence-electron chi connectivity index (χ0n) is 13.7. The van der Waals surface area contributed by atoms with Gasteiger partial charge in [0.1, 0.15) is 0 Å². The number of benzene rings is 2. The molecule has 2 aromatic rings. The third-order valence-corrected chi connectivity index (χ3v) is 4.61. The Morgan fingerprint density at radius 1 is 1.08 bits per heavy atom. The zero-order valence-corrected chi connectivity index (χ0v) is 14.6. The van der Waals surface area contributed by atoms with Crippen molar-refractivity contribution in [3.8, 4) is 11.5 Å². The van der Waals surface area contributed by atoms with Gasteiger partial charge >= 0.3 is 0 Å². The minimum atomic E-state index is 0.283. The lowest BCUT2D eigenvalue weighted by Crippen LogP contribution is -2.32. The fraction of sp³-hybridized carbons (Fsp3) is 0.263. The van der Waals surface area contributed by atoms with E-state index in [9.17, 15) is 0 Å². The first-order valence-electron chi connectivity index (χ1n) is 8.37. The SMILES string of the molecule is S=C(NCc1ccc2c(c1)OCO2)NN=C1CCCc2ccccc21. The zero-order chi connectivity index (χ0) is 17.1. The minimum Gasteiger partial charge on any atom is -0.454 e. The van der Waals surface area contributed by atoms with Crippen LogP contribution < -0.4 is 20.2 Å². The van der Waals surface area contributed by atoms with E-state index in [4.69, 9.17) is 21.7 Å². The van der Waals surface area contributed by atoms with Gasteiger partial charge in [0, 0.05) is 12.1 Å². The van der Waals surface area contributed by atoms with Crippen molar-refractivity contribution in [3.05, 3.63) is 59.2 Å². The monoisotopic (exact) mass is 353 g/mol. The molecule has 6 heteroatoms. The molecule has 0 radical (unpaired) electrons. The highest BCUT2D eigenvalue weighted by atomic mass is 32.1. The van der Waals surface area contributed by atoms with Crippen molar-refractivity contribution < 1.29 is 9.47 Å². The first-order chi connectivity index (χ1) is 12.3. The molecule has 0 fully saturated rings. The highest BCUT2D eigenvalue weighted by Crippen LogP contribution is 2.32. The molecule has 0 spiro atoms. The minimum absolute atomic E-state index is 0.283. The van der Waals surface area contributed by atoms with Gasteiger partial charge in [-0.25, -0.2) is 0 Å². The standard InChI is InChI=1S/C19H19N3O2S/c25-19(20-11-13-8-9-17-18(10-13)24-12-23-17)22-21-16-7-3-5-14-4-1-2-6-15(14)16/h1-2,4,6,8-10H,3,5,7,11-12H2,(H2,20,22,25). The van der Waals surface area contributed by atoms with Crippen LogP contribution in [0.25, 0.3) is 0 Å². The predicted molar refractivity (Wildman–Crippen MR) is 101 cm³/mol. The lowest BCUT2D eigenvalue weighted by molar-refractivity contribution is 0.174. The van der Waals surface area contributed by atoms with Gasteiger partial charge in [-0.2, -0.15) is 5.10 Å². The van der Waals surface area contributed by atoms with Crippen molar-refractivity contribution in [2.45, 2.75) is 25.8 Å². The topological polar surface area (TPSA) is 54.9 Å². The summed E-state index contributed by atoms with van der Waals surface area (Å²) in [5.41, 5.74) is 7.68. The molecule has 1 aliphatic carbocycles. The summed E-state index contributed by atoms with van der Waals surface area (Å²) in [5, 5.41) is 8.19. The van der Waals surface area contributed by atoms with Gasteiger partial charge in [0.2, 0.25) is 6.79 Å². The van der Waals surface area contributed by atoms with E-state index in [1.54, 1.807) is 0 Å². The lowest BCUT2D eigenvalue weighted by atomic mass is 9.90. The van der Waals surface area contributed by atoms with E-state index in [-0.39, 0.29) is 6.79 Å². The normalized spacial score (nSPS) is 16.4. The lowest BCUT2D eigenvalue weighted by Gasteiger charge is -2.17. The summed E-state index contributed by atoms with van der Waals surface area (Å²) < 4.78 is 10.7. The summed E-state index contributed by atoms with van der Waals surface area (Å²) in [7, 11) is 0. The second-order valence-electron chi connectivity index (χ2n) is 6.05. The summed E-state index contributed by atoms with van der Waals surface area (Å²) in [4.78, 5) is 0. The van der Waals surface area contributed by atoms with Crippen molar-refractivity contribution in [1.82, 2.24) is 10.7 Å². The second kappa shape index (κ2) is 7.11. The van der Waals surface area contributed by atoms with E-state index in [0.29, 0.717) is 11.7 Å². The average Bonchev–Trinajstić information content (AvgIpc) is 3.12. The Morgan fingerprint density at radius 2 is 1.96 bits per heavy atom. The molecule has 0 bridgehead atoms. The smallest absolute Gasteiger partial charge is 0.231 e. The molecule has 2 aliphatic rings. The van der Waals surface area contributed by atoms with Crippen molar-refractivity contribution in [1.29, 1.82) is 0 Å². The number of thiocarbonyl (C=S) groups is 1. The largest absolute Gasteiger partial charge is 0.454 e. The molecule has 0 amide bonds. The predicted octanol–water partition coefficient (Wildman–Crippen LogP) is 3.12. The molecule has 2 aromatic carbocycles. The summed E-state index contributed by atoms with van der Waals surface area (Å²) >= 11 is 5.33. The van der Waals surface area contributed by atoms with Gasteiger partial charge in [0.15, 0.2) is 16.6 Å². The maximum Gasteiger partial charge on any atom is 0.231 e. The van der Waals surface area contributed by atoms with Gasteiger partial charge < -0.3 is 14.8 Å². The molecule has 0 atom stereocenters. The Balaban J connectivity index is 1.35. The molecular formula is C19H19N3O2S. The van der Waals surface area contributed by atoms with Gasteiger partial charge in [-0.3, -0.25) is 5.43 Å². The first kappa shape index (κ1) is 15.9. The Bertz CT molecular complexity index is 835. The molecule has 0 saturated carbocycles. The van der Waals surface area contributed by atoms with E-state index < -0.39 is 0 Å². The van der Waals surface area contributed by atoms with Gasteiger partial charge in [0.25, 0.3) is 0 Å². The van der Waals surface area contributed by atoms with Gasteiger partial charge in [-0.05, 0) is 54.7 Å². The summed E-state index contributed by atoms with van der Waals surface area (Å²) in [6.45, 7) is 0.884. The van der Waals surface area contributed by atoms with Crippen LogP contribution in [0, 0.1) is 0 Å². The fourth-order valence-electron chi connectivity index (χ4n) is 3.11. The summed E-state index contributed by atoms with van der Waals surface area (Å²) in [6, 6.07) is 14.3. The van der Waals surface area contributed by atoms with Gasteiger partial charge in [-0.1, -0.05) is 30.3 Å². The maximum atomic E-state index is 5.39. The van der Waals surface area contributed by atoms with Crippen LogP contribution in [0.15, 0.2) is 47.6 Å². The molecule has 128 valence electrons. The molecule has 1 aliphatic heterocycles. The van der Waals surface area contributed by atoms with Crippen LogP contribution in [-0.4, -0.2) is 17.6 Å². The molecule has 25 heavy (non-hydrogen) atoms. The highest BCUT2D eigenvalue weighted by Gasteiger charge is 2.15. The van der Waals surface area contributed by atoms with Crippen LogP contribution in [0.2, 0.25) is 0 Å². The van der Waals surface area contributed by atoms with Crippen molar-refractivity contribution in [3.63, 3.8) is 0 Å². The van der Waals surface area contributed by atoms with Crippen LogP contribution in [0.5, 0.6) is 11.5 Å². The molecule has 1 heterocycles. The third-order valence-electron chi connectivity index (χ3n) is 4.37. The number of nitrogens with zero attached hydrogens (tertiary/aromatic N) is 1. The maximum absolute atomic E-state index is 5.39. The van der Waals surface area contributed by atoms with Crippen molar-refractivity contribution >= 4 is 23.0 Å². The molecule has 0 aromatic heterocycles. The van der Waals surface area contributed by atoms with Gasteiger partial charge in [-0.15, -0.1) is 0 Å². The molecule has 5 nitrogen and oxygen atoms in total. The van der Waals surface area contributed by atoms with E-state index >= 15 is 0 Å². The Morgan fingerprint density at radius 3 is 2.92 bits per heavy atom. The van der Waals surface area contributed by atoms with Crippen molar-refractivity contribution in [2.24, 2.45) is 5.10 Å². The molecule has 4 rings (SSSR count).